The van der Waals surface area contributed by atoms with Gasteiger partial charge in [-0.1, -0.05) is 12.1 Å². The minimum absolute atomic E-state index is 0.0763. The van der Waals surface area contributed by atoms with Crippen LogP contribution in [0.15, 0.2) is 18.2 Å². The normalized spacial score (nSPS) is 17.9. The minimum Gasteiger partial charge on any atom is -0.329 e. The van der Waals surface area contributed by atoms with Crippen LogP contribution in [0.2, 0.25) is 0 Å². The molecule has 2 aromatic rings. The average Bonchev–Trinajstić information content (AvgIpc) is 2.87. The van der Waals surface area contributed by atoms with Gasteiger partial charge in [-0.15, -0.1) is 0 Å². The van der Waals surface area contributed by atoms with E-state index in [2.05, 4.69) is 22.3 Å². The van der Waals surface area contributed by atoms with Gasteiger partial charge in [0.05, 0.1) is 12.2 Å². The van der Waals surface area contributed by atoms with Crippen LogP contribution in [-0.4, -0.2) is 32.3 Å². The zero-order valence-electron chi connectivity index (χ0n) is 12.0. The maximum absolute atomic E-state index is 12.8. The summed E-state index contributed by atoms with van der Waals surface area (Å²) in [6, 6.07) is 6.00. The van der Waals surface area contributed by atoms with E-state index in [-0.39, 0.29) is 11.9 Å². The molecule has 3 rings (SSSR count). The van der Waals surface area contributed by atoms with Crippen molar-refractivity contribution in [1.82, 2.24) is 20.3 Å². The summed E-state index contributed by atoms with van der Waals surface area (Å²) in [5.41, 5.74) is 4.83. The van der Waals surface area contributed by atoms with Crippen LogP contribution in [0.25, 0.3) is 0 Å². The number of aryl methyl sites for hydroxylation is 1. The van der Waals surface area contributed by atoms with Gasteiger partial charge in [0.1, 0.15) is 5.69 Å². The maximum Gasteiger partial charge on any atom is 0.254 e. The van der Waals surface area contributed by atoms with Crippen LogP contribution in [0.3, 0.4) is 0 Å². The first-order valence-electron chi connectivity index (χ1n) is 6.83. The van der Waals surface area contributed by atoms with Gasteiger partial charge in [-0.3, -0.25) is 4.79 Å². The van der Waals surface area contributed by atoms with E-state index in [0.717, 1.165) is 34.5 Å². The lowest BCUT2D eigenvalue weighted by Gasteiger charge is -2.32. The third kappa shape index (κ3) is 1.99. The number of carbonyl (C=O) groups excluding carboxylic acids is 1. The van der Waals surface area contributed by atoms with E-state index in [1.54, 1.807) is 0 Å². The molecule has 0 saturated heterocycles. The van der Waals surface area contributed by atoms with Crippen molar-refractivity contribution >= 4 is 5.91 Å². The second-order valence-corrected chi connectivity index (χ2v) is 5.45. The number of nitrogens with zero attached hydrogens (tertiary/aromatic N) is 3. The van der Waals surface area contributed by atoms with Gasteiger partial charge in [-0.05, 0) is 38.0 Å². The maximum atomic E-state index is 12.8. The zero-order chi connectivity index (χ0) is 14.3. The molecule has 1 N–H and O–H groups in total. The van der Waals surface area contributed by atoms with Crippen LogP contribution < -0.4 is 0 Å². The Labute approximate surface area is 118 Å². The summed E-state index contributed by atoms with van der Waals surface area (Å²) in [5.74, 6) is 0.0763. The molecule has 0 saturated carbocycles. The smallest absolute Gasteiger partial charge is 0.254 e. The van der Waals surface area contributed by atoms with Crippen LogP contribution in [0, 0.1) is 13.8 Å². The second kappa shape index (κ2) is 4.74. The topological polar surface area (TPSA) is 61.9 Å². The van der Waals surface area contributed by atoms with Crippen molar-refractivity contribution in [3.8, 4) is 0 Å². The molecule has 1 aliphatic rings. The Kier molecular flexibility index (Phi) is 3.04. The summed E-state index contributed by atoms with van der Waals surface area (Å²) in [4.78, 5) is 14.7. The average molecular weight is 270 g/mol. The molecule has 0 aliphatic carbocycles. The molecule has 2 heterocycles. The van der Waals surface area contributed by atoms with Crippen molar-refractivity contribution in [2.45, 2.75) is 39.8 Å². The van der Waals surface area contributed by atoms with Gasteiger partial charge in [-0.25, -0.2) is 0 Å². The molecule has 1 atom stereocenters. The van der Waals surface area contributed by atoms with Crippen LogP contribution >= 0.6 is 0 Å². The van der Waals surface area contributed by atoms with E-state index in [1.165, 1.54) is 0 Å². The Bertz CT molecular complexity index is 662. The SMILES string of the molecule is Cc1cccc(C(=O)N2Cc3n[nH]nc3C[C@@H]2C)c1C. The minimum atomic E-state index is 0.0763. The highest BCUT2D eigenvalue weighted by molar-refractivity contribution is 5.96. The first-order valence-corrected chi connectivity index (χ1v) is 6.83. The van der Waals surface area contributed by atoms with E-state index >= 15 is 0 Å². The highest BCUT2D eigenvalue weighted by atomic mass is 16.2. The largest absolute Gasteiger partial charge is 0.329 e. The molecule has 0 spiro atoms. The number of hydrogen-bond acceptors (Lipinski definition) is 3. The molecule has 5 heteroatoms. The van der Waals surface area contributed by atoms with Crippen molar-refractivity contribution in [2.75, 3.05) is 0 Å². The molecular weight excluding hydrogens is 252 g/mol. The van der Waals surface area contributed by atoms with Crippen LogP contribution in [0.5, 0.6) is 0 Å². The van der Waals surface area contributed by atoms with E-state index < -0.39 is 0 Å². The third-order valence-electron chi connectivity index (χ3n) is 4.14. The number of benzene rings is 1. The molecule has 20 heavy (non-hydrogen) atoms. The molecule has 104 valence electrons. The van der Waals surface area contributed by atoms with Gasteiger partial charge in [0.15, 0.2) is 0 Å². The Morgan fingerprint density at radius 1 is 1.30 bits per heavy atom. The van der Waals surface area contributed by atoms with Gasteiger partial charge < -0.3 is 4.90 Å². The van der Waals surface area contributed by atoms with Crippen molar-refractivity contribution in [3.63, 3.8) is 0 Å². The van der Waals surface area contributed by atoms with Crippen LogP contribution in [0.1, 0.15) is 39.8 Å². The monoisotopic (exact) mass is 270 g/mol. The number of nitrogens with one attached hydrogen (secondary N) is 1. The molecular formula is C15H18N4O. The van der Waals surface area contributed by atoms with E-state index in [4.69, 9.17) is 0 Å². The van der Waals surface area contributed by atoms with Gasteiger partial charge in [-0.2, -0.15) is 15.4 Å². The number of hydrogen-bond donors (Lipinski definition) is 1. The van der Waals surface area contributed by atoms with E-state index in [9.17, 15) is 4.79 Å². The number of aromatic nitrogens is 3. The number of aromatic amines is 1. The summed E-state index contributed by atoms with van der Waals surface area (Å²) in [6.45, 7) is 6.61. The fraction of sp³-hybridized carbons (Fsp3) is 0.400. The number of rotatable bonds is 1. The molecule has 5 nitrogen and oxygen atoms in total. The van der Waals surface area contributed by atoms with Crippen molar-refractivity contribution in [1.29, 1.82) is 0 Å². The number of fused-ring (bicyclic) bond motifs is 1. The molecule has 1 aliphatic heterocycles. The predicted molar refractivity (Wildman–Crippen MR) is 75.3 cm³/mol. The summed E-state index contributed by atoms with van der Waals surface area (Å²) >= 11 is 0. The molecule has 0 unspecified atom stereocenters. The summed E-state index contributed by atoms with van der Waals surface area (Å²) < 4.78 is 0. The van der Waals surface area contributed by atoms with Crippen LogP contribution in [0.4, 0.5) is 0 Å². The molecule has 0 bridgehead atoms. The van der Waals surface area contributed by atoms with E-state index in [1.807, 2.05) is 36.9 Å². The summed E-state index contributed by atoms with van der Waals surface area (Å²) in [6.07, 6.45) is 0.752. The van der Waals surface area contributed by atoms with Crippen molar-refractivity contribution < 1.29 is 4.79 Å². The van der Waals surface area contributed by atoms with Gasteiger partial charge >= 0.3 is 0 Å². The van der Waals surface area contributed by atoms with Gasteiger partial charge in [0.2, 0.25) is 0 Å². The Morgan fingerprint density at radius 2 is 2.05 bits per heavy atom. The number of carbonyl (C=O) groups is 1. The van der Waals surface area contributed by atoms with E-state index in [0.29, 0.717) is 6.54 Å². The summed E-state index contributed by atoms with van der Waals surface area (Å²) in [5, 5.41) is 10.9. The second-order valence-electron chi connectivity index (χ2n) is 5.45. The number of amides is 1. The lowest BCUT2D eigenvalue weighted by molar-refractivity contribution is 0.0653. The molecule has 0 fully saturated rings. The quantitative estimate of drug-likeness (QED) is 0.862. The highest BCUT2D eigenvalue weighted by Crippen LogP contribution is 2.23. The zero-order valence-corrected chi connectivity index (χ0v) is 12.0. The predicted octanol–water partition coefficient (Wildman–Crippen LogP) is 2.01. The van der Waals surface area contributed by atoms with Crippen LogP contribution in [-0.2, 0) is 13.0 Å². The molecule has 1 aromatic heterocycles. The van der Waals surface area contributed by atoms with Gasteiger partial charge in [0.25, 0.3) is 5.91 Å². The molecule has 0 radical (unpaired) electrons. The standard InChI is InChI=1S/C15H18N4O/c1-9-5-4-6-12(11(9)3)15(20)19-8-14-13(7-10(19)2)16-18-17-14/h4-6,10H,7-8H2,1-3H3,(H,16,17,18)/t10-/m0/s1. The van der Waals surface area contributed by atoms with Crippen molar-refractivity contribution in [2.24, 2.45) is 0 Å². The highest BCUT2D eigenvalue weighted by Gasteiger charge is 2.30. The number of H-pyrrole nitrogens is 1. The molecule has 1 amide bonds. The molecule has 1 aromatic carbocycles. The lowest BCUT2D eigenvalue weighted by Crippen LogP contribution is -2.43. The summed E-state index contributed by atoms with van der Waals surface area (Å²) in [7, 11) is 0. The lowest BCUT2D eigenvalue weighted by atomic mass is 9.99. The Hall–Kier alpha value is -2.17. The first-order chi connectivity index (χ1) is 9.58. The first kappa shape index (κ1) is 12.8. The fourth-order valence-electron chi connectivity index (χ4n) is 2.68. The van der Waals surface area contributed by atoms with Crippen molar-refractivity contribution in [3.05, 3.63) is 46.3 Å². The Morgan fingerprint density at radius 3 is 2.85 bits per heavy atom. The Balaban J connectivity index is 1.93. The van der Waals surface area contributed by atoms with Gasteiger partial charge in [0, 0.05) is 18.0 Å². The third-order valence-corrected chi connectivity index (χ3v) is 4.14. The fourth-order valence-corrected chi connectivity index (χ4v) is 2.68.